The standard InChI is InChI=1S/C13H11N.2Li/c1-2-10-14-13-9-5-7-11-6-3-4-8-12(11)13;;/h2-7,9H,1,10H2;;/q-2;2*+1. The summed E-state index contributed by atoms with van der Waals surface area (Å²) >= 11 is 0. The predicted molar refractivity (Wildman–Crippen MR) is 60.9 cm³/mol. The van der Waals surface area contributed by atoms with Crippen LogP contribution >= 0.6 is 0 Å². The second kappa shape index (κ2) is 7.67. The SMILES string of the molecule is C=CC[N-]c1cccc2ccc[c-]c12.[Li+].[Li+]. The Bertz CT molecular complexity index is 449. The third-order valence-corrected chi connectivity index (χ3v) is 2.07. The van der Waals surface area contributed by atoms with Gasteiger partial charge >= 0.3 is 37.7 Å². The number of rotatable bonds is 3. The Morgan fingerprint density at radius 3 is 2.69 bits per heavy atom. The quantitative estimate of drug-likeness (QED) is 0.301. The van der Waals surface area contributed by atoms with Gasteiger partial charge in [0.1, 0.15) is 0 Å². The fourth-order valence-corrected chi connectivity index (χ4v) is 1.43. The van der Waals surface area contributed by atoms with E-state index in [-0.39, 0.29) is 37.7 Å². The zero-order valence-electron chi connectivity index (χ0n) is 9.90. The van der Waals surface area contributed by atoms with E-state index in [1.54, 1.807) is 6.08 Å². The van der Waals surface area contributed by atoms with Crippen LogP contribution in [0.1, 0.15) is 0 Å². The van der Waals surface area contributed by atoms with Crippen LogP contribution in [0, 0.1) is 6.07 Å². The maximum absolute atomic E-state index is 4.40. The molecule has 3 heteroatoms. The molecule has 0 amide bonds. The number of fused-ring (bicyclic) bond motifs is 1. The monoisotopic (exact) mass is 195 g/mol. The number of hydrogen-bond donors (Lipinski definition) is 0. The van der Waals surface area contributed by atoms with E-state index < -0.39 is 0 Å². The van der Waals surface area contributed by atoms with Crippen LogP contribution in [-0.2, 0) is 0 Å². The molecule has 2 aromatic carbocycles. The van der Waals surface area contributed by atoms with E-state index in [9.17, 15) is 0 Å². The van der Waals surface area contributed by atoms with Crippen molar-refractivity contribution in [1.82, 2.24) is 0 Å². The first-order valence-corrected chi connectivity index (χ1v) is 4.59. The van der Waals surface area contributed by atoms with Crippen molar-refractivity contribution in [3.8, 4) is 0 Å². The summed E-state index contributed by atoms with van der Waals surface area (Å²) in [5.41, 5.74) is 0.989. The van der Waals surface area contributed by atoms with Crippen LogP contribution in [-0.4, -0.2) is 6.54 Å². The van der Waals surface area contributed by atoms with Gasteiger partial charge < -0.3 is 5.32 Å². The van der Waals surface area contributed by atoms with Crippen molar-refractivity contribution in [3.05, 3.63) is 60.4 Å². The molecule has 0 aliphatic heterocycles. The van der Waals surface area contributed by atoms with Crippen molar-refractivity contribution < 1.29 is 37.7 Å². The van der Waals surface area contributed by atoms with E-state index in [1.165, 1.54) is 5.39 Å². The molecule has 0 spiro atoms. The molecule has 0 aliphatic rings. The molecule has 2 rings (SSSR count). The van der Waals surface area contributed by atoms with Gasteiger partial charge in [0.2, 0.25) is 0 Å². The van der Waals surface area contributed by atoms with Crippen LogP contribution in [0.15, 0.2) is 49.1 Å². The molecule has 0 unspecified atom stereocenters. The summed E-state index contributed by atoms with van der Waals surface area (Å²) in [6, 6.07) is 15.2. The van der Waals surface area contributed by atoms with Gasteiger partial charge in [0.05, 0.1) is 0 Å². The van der Waals surface area contributed by atoms with Crippen LogP contribution < -0.4 is 37.7 Å². The van der Waals surface area contributed by atoms with Gasteiger partial charge in [-0.25, -0.2) is 5.69 Å². The summed E-state index contributed by atoms with van der Waals surface area (Å²) in [4.78, 5) is 0. The summed E-state index contributed by atoms with van der Waals surface area (Å²) in [5.74, 6) is 0. The Hall–Kier alpha value is -0.565. The fourth-order valence-electron chi connectivity index (χ4n) is 1.43. The molecular weight excluding hydrogens is 184 g/mol. The van der Waals surface area contributed by atoms with Crippen molar-refractivity contribution in [2.24, 2.45) is 0 Å². The van der Waals surface area contributed by atoms with Crippen LogP contribution in [0.2, 0.25) is 0 Å². The van der Waals surface area contributed by atoms with Crippen LogP contribution in [0.3, 0.4) is 0 Å². The van der Waals surface area contributed by atoms with Crippen molar-refractivity contribution in [3.63, 3.8) is 0 Å². The maximum atomic E-state index is 4.40. The summed E-state index contributed by atoms with van der Waals surface area (Å²) in [6.45, 7) is 4.31. The Morgan fingerprint density at radius 2 is 1.94 bits per heavy atom. The Labute approximate surface area is 121 Å². The fraction of sp³-hybridized carbons (Fsp3) is 0.0769. The molecule has 0 aromatic heterocycles. The summed E-state index contributed by atoms with van der Waals surface area (Å²) < 4.78 is 0. The molecule has 16 heavy (non-hydrogen) atoms. The zero-order valence-corrected chi connectivity index (χ0v) is 9.90. The Kier molecular flexibility index (Phi) is 7.40. The van der Waals surface area contributed by atoms with Crippen molar-refractivity contribution in [2.75, 3.05) is 6.54 Å². The third-order valence-electron chi connectivity index (χ3n) is 2.07. The molecule has 0 saturated carbocycles. The average molecular weight is 195 g/mol. The number of nitrogens with zero attached hydrogens (tertiary/aromatic N) is 1. The van der Waals surface area contributed by atoms with Gasteiger partial charge in [-0.2, -0.15) is 5.39 Å². The minimum Gasteiger partial charge on any atom is -0.725 e. The van der Waals surface area contributed by atoms with Crippen LogP contribution in [0.4, 0.5) is 5.69 Å². The first-order valence-electron chi connectivity index (χ1n) is 4.59. The molecule has 0 saturated heterocycles. The van der Waals surface area contributed by atoms with E-state index >= 15 is 0 Å². The second-order valence-electron chi connectivity index (χ2n) is 3.04. The number of hydrogen-bond acceptors (Lipinski definition) is 0. The van der Waals surface area contributed by atoms with Crippen LogP contribution in [0.5, 0.6) is 0 Å². The van der Waals surface area contributed by atoms with Gasteiger partial charge in [0, 0.05) is 0 Å². The van der Waals surface area contributed by atoms with Gasteiger partial charge in [-0.05, 0) is 0 Å². The van der Waals surface area contributed by atoms with Crippen molar-refractivity contribution >= 4 is 16.5 Å². The molecule has 1 nitrogen and oxygen atoms in total. The molecule has 0 aliphatic carbocycles. The van der Waals surface area contributed by atoms with E-state index in [0.717, 1.165) is 11.1 Å². The minimum absolute atomic E-state index is 0. The molecule has 0 heterocycles. The van der Waals surface area contributed by atoms with E-state index in [0.29, 0.717) is 6.54 Å². The largest absolute Gasteiger partial charge is 1.00 e. The van der Waals surface area contributed by atoms with E-state index in [1.807, 2.05) is 24.3 Å². The molecule has 0 N–H and O–H groups in total. The normalized spacial score (nSPS) is 8.75. The van der Waals surface area contributed by atoms with Gasteiger partial charge in [-0.3, -0.25) is 0 Å². The molecule has 0 atom stereocenters. The topological polar surface area (TPSA) is 14.1 Å². The third kappa shape index (κ3) is 3.48. The van der Waals surface area contributed by atoms with Gasteiger partial charge in [0.15, 0.2) is 0 Å². The minimum atomic E-state index is 0. The molecule has 0 bridgehead atoms. The van der Waals surface area contributed by atoms with Gasteiger partial charge in [-0.1, -0.05) is 12.1 Å². The van der Waals surface area contributed by atoms with Crippen LogP contribution in [0.25, 0.3) is 16.1 Å². The first-order chi connectivity index (χ1) is 6.92. The van der Waals surface area contributed by atoms with Gasteiger partial charge in [-0.15, -0.1) is 54.9 Å². The van der Waals surface area contributed by atoms with E-state index in [4.69, 9.17) is 0 Å². The molecule has 0 radical (unpaired) electrons. The zero-order chi connectivity index (χ0) is 9.80. The summed E-state index contributed by atoms with van der Waals surface area (Å²) in [7, 11) is 0. The molecule has 0 fully saturated rings. The van der Waals surface area contributed by atoms with Gasteiger partial charge in [0.25, 0.3) is 0 Å². The van der Waals surface area contributed by atoms with Crippen molar-refractivity contribution in [2.45, 2.75) is 0 Å². The first kappa shape index (κ1) is 15.4. The smallest absolute Gasteiger partial charge is 0.725 e. The Balaban J connectivity index is 0.00000112. The molecule has 70 valence electrons. The molecular formula is C13H11Li2N. The predicted octanol–water partition coefficient (Wildman–Crippen LogP) is -2.16. The average Bonchev–Trinajstić information content (AvgIpc) is 2.26. The Morgan fingerprint density at radius 1 is 1.19 bits per heavy atom. The second-order valence-corrected chi connectivity index (χ2v) is 3.04. The maximum Gasteiger partial charge on any atom is 1.00 e. The molecule has 2 aromatic rings. The summed E-state index contributed by atoms with van der Waals surface area (Å²) in [5, 5.41) is 6.66. The number of benzene rings is 2. The summed E-state index contributed by atoms with van der Waals surface area (Å²) in [6.07, 6.45) is 1.79. The van der Waals surface area contributed by atoms with E-state index in [2.05, 4.69) is 30.1 Å². The van der Waals surface area contributed by atoms with Crippen molar-refractivity contribution in [1.29, 1.82) is 0 Å².